The lowest BCUT2D eigenvalue weighted by molar-refractivity contribution is 0.0646. The van der Waals surface area contributed by atoms with Crippen LogP contribution in [0, 0.1) is 12.8 Å². The van der Waals surface area contributed by atoms with E-state index in [-0.39, 0.29) is 11.8 Å². The third-order valence-electron chi connectivity index (χ3n) is 4.72. The summed E-state index contributed by atoms with van der Waals surface area (Å²) < 4.78 is 5.71. The minimum atomic E-state index is -0.213. The molecule has 0 spiro atoms. The fourth-order valence-corrected chi connectivity index (χ4v) is 3.29. The molecule has 2 amide bonds. The molecule has 1 heterocycles. The number of fused-ring (bicyclic) bond motifs is 1. The van der Waals surface area contributed by atoms with Crippen LogP contribution < -0.4 is 10.5 Å². The van der Waals surface area contributed by atoms with Gasteiger partial charge in [-0.05, 0) is 67.1 Å². The molecule has 0 aromatic heterocycles. The van der Waals surface area contributed by atoms with Crippen molar-refractivity contribution in [2.75, 3.05) is 18.9 Å². The summed E-state index contributed by atoms with van der Waals surface area (Å²) in [5.74, 6) is 0.821. The Morgan fingerprint density at radius 1 is 1.04 bits per heavy atom. The molecular weight excluding hydrogens is 340 g/mol. The van der Waals surface area contributed by atoms with Crippen LogP contribution in [0.2, 0.25) is 0 Å². The minimum Gasteiger partial charge on any atom is -0.494 e. The smallest absolute Gasteiger partial charge is 0.261 e. The molecule has 0 saturated heterocycles. The molecule has 3 rings (SSSR count). The molecule has 142 valence electrons. The van der Waals surface area contributed by atoms with E-state index in [1.165, 1.54) is 4.90 Å². The second-order valence-corrected chi connectivity index (χ2v) is 7.46. The maximum absolute atomic E-state index is 12.6. The zero-order valence-corrected chi connectivity index (χ0v) is 16.1. The molecule has 0 radical (unpaired) electrons. The Labute approximate surface area is 160 Å². The molecule has 0 atom stereocenters. The number of nitrogens with zero attached hydrogens (tertiary/aromatic N) is 1. The molecule has 5 nitrogen and oxygen atoms in total. The number of benzene rings is 2. The summed E-state index contributed by atoms with van der Waals surface area (Å²) in [6.45, 7) is 6.97. The van der Waals surface area contributed by atoms with E-state index < -0.39 is 0 Å². The van der Waals surface area contributed by atoms with E-state index in [4.69, 9.17) is 10.5 Å². The van der Waals surface area contributed by atoms with Crippen molar-refractivity contribution in [2.45, 2.75) is 33.6 Å². The first-order valence-corrected chi connectivity index (χ1v) is 9.35. The number of carbonyl (C=O) groups is 2. The van der Waals surface area contributed by atoms with Gasteiger partial charge in [0.2, 0.25) is 0 Å². The van der Waals surface area contributed by atoms with Crippen molar-refractivity contribution in [1.82, 2.24) is 4.90 Å². The molecule has 0 fully saturated rings. The predicted molar refractivity (Wildman–Crippen MR) is 106 cm³/mol. The van der Waals surface area contributed by atoms with Crippen LogP contribution in [0.1, 0.15) is 52.1 Å². The molecule has 27 heavy (non-hydrogen) atoms. The van der Waals surface area contributed by atoms with Crippen molar-refractivity contribution in [3.8, 4) is 5.75 Å². The van der Waals surface area contributed by atoms with Gasteiger partial charge in [0.25, 0.3) is 11.8 Å². The Kier molecular flexibility index (Phi) is 5.49. The normalized spacial score (nSPS) is 13.4. The van der Waals surface area contributed by atoms with E-state index in [2.05, 4.69) is 13.8 Å². The first-order valence-electron chi connectivity index (χ1n) is 9.35. The maximum Gasteiger partial charge on any atom is 0.261 e. The second kappa shape index (κ2) is 7.82. The Morgan fingerprint density at radius 3 is 2.48 bits per heavy atom. The highest BCUT2D eigenvalue weighted by Crippen LogP contribution is 2.25. The van der Waals surface area contributed by atoms with Crippen molar-refractivity contribution in [2.24, 2.45) is 5.92 Å². The number of carbonyl (C=O) groups excluding carboxylic acids is 2. The molecule has 2 aromatic rings. The number of ether oxygens (including phenoxy) is 1. The largest absolute Gasteiger partial charge is 0.494 e. The number of hydrogen-bond acceptors (Lipinski definition) is 4. The molecule has 0 saturated carbocycles. The Balaban J connectivity index is 1.58. The number of aryl methyl sites for hydroxylation is 1. The van der Waals surface area contributed by atoms with Gasteiger partial charge < -0.3 is 10.5 Å². The third kappa shape index (κ3) is 4.13. The Hall–Kier alpha value is -2.82. The topological polar surface area (TPSA) is 72.6 Å². The summed E-state index contributed by atoms with van der Waals surface area (Å²) in [7, 11) is 0. The zero-order valence-electron chi connectivity index (χ0n) is 16.1. The first-order chi connectivity index (χ1) is 12.9. The summed E-state index contributed by atoms with van der Waals surface area (Å²) in [4.78, 5) is 26.5. The number of amides is 2. The fourth-order valence-electron chi connectivity index (χ4n) is 3.29. The van der Waals surface area contributed by atoms with Crippen LogP contribution in [-0.4, -0.2) is 29.9 Å². The summed E-state index contributed by atoms with van der Waals surface area (Å²) in [6.07, 6.45) is 1.47. The minimum absolute atomic E-state index is 0.205. The van der Waals surface area contributed by atoms with Gasteiger partial charge in [-0.1, -0.05) is 19.9 Å². The van der Waals surface area contributed by atoms with E-state index in [1.54, 1.807) is 6.07 Å². The highest BCUT2D eigenvalue weighted by atomic mass is 16.5. The summed E-state index contributed by atoms with van der Waals surface area (Å²) >= 11 is 0. The first kappa shape index (κ1) is 19.0. The zero-order chi connectivity index (χ0) is 19.6. The van der Waals surface area contributed by atoms with E-state index in [0.717, 1.165) is 29.0 Å². The van der Waals surface area contributed by atoms with Crippen molar-refractivity contribution >= 4 is 17.5 Å². The molecule has 0 aliphatic carbocycles. The number of nitrogens with two attached hydrogens (primary N) is 1. The lowest BCUT2D eigenvalue weighted by Gasteiger charge is -2.14. The Bertz CT molecular complexity index is 874. The van der Waals surface area contributed by atoms with Gasteiger partial charge in [-0.15, -0.1) is 0 Å². The molecule has 5 heteroatoms. The van der Waals surface area contributed by atoms with Gasteiger partial charge in [-0.2, -0.15) is 0 Å². The quantitative estimate of drug-likeness (QED) is 0.459. The summed E-state index contributed by atoms with van der Waals surface area (Å²) in [5.41, 5.74) is 9.60. The number of hydrogen-bond donors (Lipinski definition) is 1. The Morgan fingerprint density at radius 2 is 1.78 bits per heavy atom. The maximum atomic E-state index is 12.6. The number of imide groups is 1. The van der Waals surface area contributed by atoms with Crippen molar-refractivity contribution in [3.63, 3.8) is 0 Å². The highest BCUT2D eigenvalue weighted by Gasteiger charge is 2.35. The lowest BCUT2D eigenvalue weighted by Crippen LogP contribution is -2.31. The molecule has 1 aliphatic heterocycles. The second-order valence-electron chi connectivity index (χ2n) is 7.46. The monoisotopic (exact) mass is 366 g/mol. The van der Waals surface area contributed by atoms with Gasteiger partial charge >= 0.3 is 0 Å². The summed E-state index contributed by atoms with van der Waals surface area (Å²) in [5, 5.41) is 0. The van der Waals surface area contributed by atoms with Gasteiger partial charge in [0.1, 0.15) is 5.75 Å². The van der Waals surface area contributed by atoms with Crippen LogP contribution in [0.15, 0.2) is 36.4 Å². The van der Waals surface area contributed by atoms with Crippen molar-refractivity contribution in [1.29, 1.82) is 0 Å². The van der Waals surface area contributed by atoms with Crippen LogP contribution in [-0.2, 0) is 6.42 Å². The number of rotatable bonds is 7. The third-order valence-corrected chi connectivity index (χ3v) is 4.72. The average Bonchev–Trinajstić information content (AvgIpc) is 2.85. The molecule has 2 aromatic carbocycles. The van der Waals surface area contributed by atoms with Crippen LogP contribution in [0.5, 0.6) is 5.75 Å². The van der Waals surface area contributed by atoms with Gasteiger partial charge in [-0.25, -0.2) is 0 Å². The van der Waals surface area contributed by atoms with E-state index in [1.807, 2.05) is 37.3 Å². The van der Waals surface area contributed by atoms with Crippen molar-refractivity contribution in [3.05, 3.63) is 58.7 Å². The van der Waals surface area contributed by atoms with Gasteiger partial charge in [-0.3, -0.25) is 14.5 Å². The molecule has 0 bridgehead atoms. The van der Waals surface area contributed by atoms with Crippen molar-refractivity contribution < 1.29 is 14.3 Å². The standard InChI is InChI=1S/C22H26N2O3/c1-14(2)11-16-5-7-18-19(13-16)22(26)24(21(18)25)9-4-10-27-17-6-8-20(23)15(3)12-17/h5-8,12-14H,4,9-11,23H2,1-3H3. The summed E-state index contributed by atoms with van der Waals surface area (Å²) in [6, 6.07) is 11.1. The fraction of sp³-hybridized carbons (Fsp3) is 0.364. The molecule has 2 N–H and O–H groups in total. The number of nitrogen functional groups attached to an aromatic ring is 1. The number of anilines is 1. The van der Waals surface area contributed by atoms with Crippen LogP contribution in [0.3, 0.4) is 0 Å². The average molecular weight is 366 g/mol. The highest BCUT2D eigenvalue weighted by molar-refractivity contribution is 6.21. The van der Waals surface area contributed by atoms with Crippen LogP contribution >= 0.6 is 0 Å². The van der Waals surface area contributed by atoms with E-state index in [0.29, 0.717) is 36.6 Å². The molecule has 1 aliphatic rings. The van der Waals surface area contributed by atoms with Gasteiger partial charge in [0, 0.05) is 12.2 Å². The molecular formula is C22H26N2O3. The van der Waals surface area contributed by atoms with Crippen LogP contribution in [0.25, 0.3) is 0 Å². The predicted octanol–water partition coefficient (Wildman–Crippen LogP) is 3.84. The lowest BCUT2D eigenvalue weighted by atomic mass is 9.99. The molecule has 0 unspecified atom stereocenters. The van der Waals surface area contributed by atoms with E-state index >= 15 is 0 Å². The van der Waals surface area contributed by atoms with Gasteiger partial charge in [0.05, 0.1) is 17.7 Å². The van der Waals surface area contributed by atoms with Crippen LogP contribution in [0.4, 0.5) is 5.69 Å². The van der Waals surface area contributed by atoms with Gasteiger partial charge in [0.15, 0.2) is 0 Å². The SMILES string of the molecule is Cc1cc(OCCCN2C(=O)c3ccc(CC(C)C)cc3C2=O)ccc1N. The van der Waals surface area contributed by atoms with E-state index in [9.17, 15) is 9.59 Å².